The van der Waals surface area contributed by atoms with Gasteiger partial charge in [-0.2, -0.15) is 0 Å². The quantitative estimate of drug-likeness (QED) is 0.749. The van der Waals surface area contributed by atoms with Crippen LogP contribution in [0.5, 0.6) is 0 Å². The van der Waals surface area contributed by atoms with Gasteiger partial charge in [0.1, 0.15) is 0 Å². The van der Waals surface area contributed by atoms with Gasteiger partial charge in [-0.3, -0.25) is 9.48 Å². The standard InChI is InChI=1S/C11H19N5O/c1-2-12-10-4-8-15(11(10)17)6-3-7-16-9-5-13-14-16/h5,9-10,12H,2-4,6-8H2,1H3. The second kappa shape index (κ2) is 5.77. The average molecular weight is 237 g/mol. The van der Waals surface area contributed by atoms with Gasteiger partial charge in [0.2, 0.25) is 5.91 Å². The second-order valence-corrected chi connectivity index (χ2v) is 4.24. The van der Waals surface area contributed by atoms with Crippen LogP contribution in [0.25, 0.3) is 0 Å². The molecule has 1 aliphatic rings. The fourth-order valence-electron chi connectivity index (χ4n) is 2.17. The smallest absolute Gasteiger partial charge is 0.239 e. The van der Waals surface area contributed by atoms with Crippen LogP contribution in [0.15, 0.2) is 12.4 Å². The highest BCUT2D eigenvalue weighted by atomic mass is 16.2. The summed E-state index contributed by atoms with van der Waals surface area (Å²) in [4.78, 5) is 13.9. The summed E-state index contributed by atoms with van der Waals surface area (Å²) >= 11 is 0. The lowest BCUT2D eigenvalue weighted by Gasteiger charge is -2.16. The Morgan fingerprint density at radius 1 is 1.53 bits per heavy atom. The average Bonchev–Trinajstić information content (AvgIpc) is 2.94. The largest absolute Gasteiger partial charge is 0.341 e. The molecule has 0 saturated carbocycles. The number of hydrogen-bond donors (Lipinski definition) is 1. The van der Waals surface area contributed by atoms with Crippen LogP contribution < -0.4 is 5.32 Å². The van der Waals surface area contributed by atoms with Crippen LogP contribution in [0.1, 0.15) is 19.8 Å². The van der Waals surface area contributed by atoms with Gasteiger partial charge in [-0.1, -0.05) is 12.1 Å². The van der Waals surface area contributed by atoms with Crippen LogP contribution in [0.3, 0.4) is 0 Å². The molecule has 1 aromatic rings. The Morgan fingerprint density at radius 3 is 3.12 bits per heavy atom. The third-order valence-electron chi connectivity index (χ3n) is 3.04. The minimum absolute atomic E-state index is 0.0337. The van der Waals surface area contributed by atoms with Gasteiger partial charge >= 0.3 is 0 Å². The number of nitrogens with one attached hydrogen (secondary N) is 1. The van der Waals surface area contributed by atoms with E-state index >= 15 is 0 Å². The van der Waals surface area contributed by atoms with Crippen LogP contribution in [0.2, 0.25) is 0 Å². The molecule has 2 rings (SSSR count). The highest BCUT2D eigenvalue weighted by Gasteiger charge is 2.29. The van der Waals surface area contributed by atoms with E-state index in [0.29, 0.717) is 0 Å². The fraction of sp³-hybridized carbons (Fsp3) is 0.727. The molecule has 0 bridgehead atoms. The lowest BCUT2D eigenvalue weighted by atomic mass is 10.2. The zero-order valence-corrected chi connectivity index (χ0v) is 10.2. The molecule has 0 aliphatic carbocycles. The van der Waals surface area contributed by atoms with E-state index < -0.39 is 0 Å². The molecule has 0 spiro atoms. The summed E-state index contributed by atoms with van der Waals surface area (Å²) in [5.74, 6) is 0.241. The summed E-state index contributed by atoms with van der Waals surface area (Å²) < 4.78 is 1.79. The first-order valence-electron chi connectivity index (χ1n) is 6.17. The molecule has 1 amide bonds. The molecule has 17 heavy (non-hydrogen) atoms. The number of likely N-dealkylation sites (N-methyl/N-ethyl adjacent to an activating group) is 1. The molecular formula is C11H19N5O. The fourth-order valence-corrected chi connectivity index (χ4v) is 2.17. The Kier molecular flexibility index (Phi) is 4.08. The summed E-state index contributed by atoms with van der Waals surface area (Å²) in [5.41, 5.74) is 0. The summed E-state index contributed by atoms with van der Waals surface area (Å²) in [6.45, 7) is 5.37. The molecule has 1 atom stereocenters. The van der Waals surface area contributed by atoms with Crippen molar-refractivity contribution in [3.05, 3.63) is 12.4 Å². The zero-order chi connectivity index (χ0) is 12.1. The molecular weight excluding hydrogens is 218 g/mol. The molecule has 1 aliphatic heterocycles. The Hall–Kier alpha value is -1.43. The van der Waals surface area contributed by atoms with Gasteiger partial charge in [-0.05, 0) is 19.4 Å². The number of aromatic nitrogens is 3. The number of aryl methyl sites for hydroxylation is 1. The van der Waals surface area contributed by atoms with Gasteiger partial charge in [0.25, 0.3) is 0 Å². The molecule has 94 valence electrons. The number of amides is 1. The van der Waals surface area contributed by atoms with Gasteiger partial charge < -0.3 is 10.2 Å². The van der Waals surface area contributed by atoms with Crippen LogP contribution >= 0.6 is 0 Å². The van der Waals surface area contributed by atoms with Gasteiger partial charge in [0.15, 0.2) is 0 Å². The van der Waals surface area contributed by atoms with Crippen LogP contribution in [0.4, 0.5) is 0 Å². The third kappa shape index (κ3) is 3.03. The molecule has 2 heterocycles. The van der Waals surface area contributed by atoms with Crippen molar-refractivity contribution >= 4 is 5.91 Å². The first-order valence-corrected chi connectivity index (χ1v) is 6.17. The lowest BCUT2D eigenvalue weighted by Crippen LogP contribution is -2.38. The van der Waals surface area contributed by atoms with Gasteiger partial charge in [0.05, 0.1) is 12.2 Å². The molecule has 0 radical (unpaired) electrons. The maximum absolute atomic E-state index is 11.9. The zero-order valence-electron chi connectivity index (χ0n) is 10.2. The van der Waals surface area contributed by atoms with Gasteiger partial charge in [-0.15, -0.1) is 5.10 Å². The molecule has 1 fully saturated rings. The SMILES string of the molecule is CCNC1CCN(CCCn2ccnn2)C1=O. The van der Waals surface area contributed by atoms with E-state index in [4.69, 9.17) is 0 Å². The van der Waals surface area contributed by atoms with Crippen molar-refractivity contribution in [3.63, 3.8) is 0 Å². The Bertz CT molecular complexity index is 351. The number of nitrogens with zero attached hydrogens (tertiary/aromatic N) is 4. The van der Waals surface area contributed by atoms with Crippen molar-refractivity contribution in [1.29, 1.82) is 0 Å². The van der Waals surface area contributed by atoms with Gasteiger partial charge in [-0.25, -0.2) is 0 Å². The van der Waals surface area contributed by atoms with E-state index in [-0.39, 0.29) is 11.9 Å². The maximum atomic E-state index is 11.9. The van der Waals surface area contributed by atoms with Crippen LogP contribution in [-0.2, 0) is 11.3 Å². The highest BCUT2D eigenvalue weighted by Crippen LogP contribution is 2.11. The molecule has 0 aromatic carbocycles. The predicted octanol–water partition coefficient (Wildman–Crippen LogP) is -0.121. The molecule has 1 unspecified atom stereocenters. The van der Waals surface area contributed by atoms with Crippen molar-refractivity contribution < 1.29 is 4.79 Å². The number of hydrogen-bond acceptors (Lipinski definition) is 4. The molecule has 1 N–H and O–H groups in total. The first-order chi connectivity index (χ1) is 8.31. The molecule has 6 nitrogen and oxygen atoms in total. The first kappa shape index (κ1) is 12.0. The van der Waals surface area contributed by atoms with E-state index in [0.717, 1.165) is 39.0 Å². The normalized spacial score (nSPS) is 20.2. The summed E-state index contributed by atoms with van der Waals surface area (Å²) in [6.07, 6.45) is 5.36. The third-order valence-corrected chi connectivity index (χ3v) is 3.04. The van der Waals surface area contributed by atoms with Crippen molar-refractivity contribution in [3.8, 4) is 0 Å². The van der Waals surface area contributed by atoms with Crippen molar-refractivity contribution in [2.45, 2.75) is 32.4 Å². The van der Waals surface area contributed by atoms with E-state index in [1.54, 1.807) is 10.9 Å². The molecule has 1 aromatic heterocycles. The van der Waals surface area contributed by atoms with E-state index in [1.165, 1.54) is 0 Å². The van der Waals surface area contributed by atoms with Crippen molar-refractivity contribution in [1.82, 2.24) is 25.2 Å². The highest BCUT2D eigenvalue weighted by molar-refractivity contribution is 5.83. The summed E-state index contributed by atoms with van der Waals surface area (Å²) in [6, 6.07) is 0.0337. The second-order valence-electron chi connectivity index (χ2n) is 4.24. The maximum Gasteiger partial charge on any atom is 0.239 e. The van der Waals surface area contributed by atoms with E-state index in [2.05, 4.69) is 15.6 Å². The van der Waals surface area contributed by atoms with Crippen LogP contribution in [0, 0.1) is 0 Å². The van der Waals surface area contributed by atoms with Crippen molar-refractivity contribution in [2.75, 3.05) is 19.6 Å². The van der Waals surface area contributed by atoms with E-state index in [1.807, 2.05) is 18.0 Å². The Morgan fingerprint density at radius 2 is 2.41 bits per heavy atom. The van der Waals surface area contributed by atoms with Crippen LogP contribution in [-0.4, -0.2) is 51.5 Å². The minimum Gasteiger partial charge on any atom is -0.341 e. The predicted molar refractivity (Wildman–Crippen MR) is 63.3 cm³/mol. The Balaban J connectivity index is 1.71. The minimum atomic E-state index is 0.0337. The number of carbonyl (C=O) groups excluding carboxylic acids is 1. The monoisotopic (exact) mass is 237 g/mol. The molecule has 1 saturated heterocycles. The Labute approximate surface area is 101 Å². The lowest BCUT2D eigenvalue weighted by molar-refractivity contribution is -0.129. The number of likely N-dealkylation sites (tertiary alicyclic amines) is 1. The topological polar surface area (TPSA) is 63.1 Å². The number of carbonyl (C=O) groups is 1. The number of rotatable bonds is 6. The summed E-state index contributed by atoms with van der Waals surface area (Å²) in [7, 11) is 0. The van der Waals surface area contributed by atoms with Crippen molar-refractivity contribution in [2.24, 2.45) is 0 Å². The summed E-state index contributed by atoms with van der Waals surface area (Å²) in [5, 5.41) is 10.9. The van der Waals surface area contributed by atoms with E-state index in [9.17, 15) is 4.79 Å². The van der Waals surface area contributed by atoms with Gasteiger partial charge in [0, 0.05) is 25.8 Å². The molecule has 6 heteroatoms.